The van der Waals surface area contributed by atoms with Crippen LogP contribution in [-0.4, -0.2) is 44.4 Å². The molecule has 2 aliphatic rings. The first kappa shape index (κ1) is 18.6. The summed E-state index contributed by atoms with van der Waals surface area (Å²) in [5.41, 5.74) is 4.50. The predicted molar refractivity (Wildman–Crippen MR) is 115 cm³/mol. The number of aryl methyl sites for hydroxylation is 2. The third-order valence-electron chi connectivity index (χ3n) is 6.19. The Bertz CT molecular complexity index is 1020. The molecule has 5 nitrogen and oxygen atoms in total. The van der Waals surface area contributed by atoms with Crippen molar-refractivity contribution < 1.29 is 4.79 Å². The van der Waals surface area contributed by atoms with Gasteiger partial charge in [0.25, 0.3) is 5.91 Å². The molecule has 5 rings (SSSR count). The highest BCUT2D eigenvalue weighted by Crippen LogP contribution is 2.35. The number of thiazole rings is 1. The van der Waals surface area contributed by atoms with Crippen molar-refractivity contribution in [3.8, 4) is 0 Å². The Morgan fingerprint density at radius 2 is 1.83 bits per heavy atom. The number of fused-ring (bicyclic) bond motifs is 3. The number of hydrogen-bond donors (Lipinski definition) is 0. The highest BCUT2D eigenvalue weighted by Gasteiger charge is 2.44. The van der Waals surface area contributed by atoms with Crippen molar-refractivity contribution in [1.29, 1.82) is 0 Å². The Balaban J connectivity index is 1.39. The van der Waals surface area contributed by atoms with Crippen molar-refractivity contribution in [1.82, 2.24) is 19.4 Å². The number of nitrogens with zero attached hydrogens (tertiary/aromatic N) is 4. The van der Waals surface area contributed by atoms with Crippen molar-refractivity contribution in [2.45, 2.75) is 45.4 Å². The fraction of sp³-hybridized carbons (Fsp3) is 0.391. The number of benzene rings is 1. The lowest BCUT2D eigenvalue weighted by Gasteiger charge is -2.38. The molecule has 2 aromatic heterocycles. The maximum absolute atomic E-state index is 13.2. The summed E-state index contributed by atoms with van der Waals surface area (Å²) in [6.07, 6.45) is 3.13. The third kappa shape index (κ3) is 3.40. The van der Waals surface area contributed by atoms with E-state index in [0.29, 0.717) is 12.6 Å². The fourth-order valence-corrected chi connectivity index (χ4v) is 5.30. The zero-order valence-corrected chi connectivity index (χ0v) is 17.7. The number of aromatic nitrogens is 2. The monoisotopic (exact) mass is 406 g/mol. The Kier molecular flexibility index (Phi) is 4.76. The fourth-order valence-electron chi connectivity index (χ4n) is 4.70. The minimum Gasteiger partial charge on any atom is -0.337 e. The molecule has 0 N–H and O–H groups in total. The highest BCUT2D eigenvalue weighted by molar-refractivity contribution is 7.09. The second-order valence-corrected chi connectivity index (χ2v) is 9.15. The van der Waals surface area contributed by atoms with Crippen LogP contribution < -0.4 is 0 Å². The number of carbonyl (C=O) groups is 1. The molecule has 0 saturated carbocycles. The average Bonchev–Trinajstić information content (AvgIpc) is 3.45. The molecule has 1 fully saturated rings. The van der Waals surface area contributed by atoms with Crippen LogP contribution in [0.3, 0.4) is 0 Å². The number of amides is 1. The van der Waals surface area contributed by atoms with Gasteiger partial charge in [-0.3, -0.25) is 9.69 Å². The van der Waals surface area contributed by atoms with Crippen LogP contribution in [0.2, 0.25) is 0 Å². The van der Waals surface area contributed by atoms with E-state index in [0.717, 1.165) is 42.5 Å². The van der Waals surface area contributed by atoms with E-state index in [4.69, 9.17) is 0 Å². The first-order valence-electron chi connectivity index (χ1n) is 10.3. The first-order chi connectivity index (χ1) is 14.1. The molecule has 1 aromatic carbocycles. The molecule has 4 heterocycles. The summed E-state index contributed by atoms with van der Waals surface area (Å²) in [6, 6.07) is 13.3. The van der Waals surface area contributed by atoms with Gasteiger partial charge in [-0.05, 0) is 36.6 Å². The van der Waals surface area contributed by atoms with Crippen LogP contribution in [0.15, 0.2) is 48.0 Å². The van der Waals surface area contributed by atoms with E-state index in [1.165, 1.54) is 11.1 Å². The number of hydrogen-bond acceptors (Lipinski definition) is 4. The van der Waals surface area contributed by atoms with Crippen molar-refractivity contribution >= 4 is 17.2 Å². The van der Waals surface area contributed by atoms with Gasteiger partial charge in [-0.15, -0.1) is 11.3 Å². The van der Waals surface area contributed by atoms with Crippen LogP contribution in [-0.2, 0) is 19.5 Å². The van der Waals surface area contributed by atoms with Gasteiger partial charge in [-0.1, -0.05) is 31.2 Å². The summed E-state index contributed by atoms with van der Waals surface area (Å²) < 4.78 is 2.19. The SMILES string of the molecule is CCc1ccc(CN2CC3C(C2)n2cccc2C(=O)N3Cc2csc(C)n2)cc1. The molecule has 3 aromatic rings. The van der Waals surface area contributed by atoms with Gasteiger partial charge >= 0.3 is 0 Å². The molecule has 2 atom stereocenters. The quantitative estimate of drug-likeness (QED) is 0.645. The van der Waals surface area contributed by atoms with Gasteiger partial charge < -0.3 is 9.47 Å². The van der Waals surface area contributed by atoms with E-state index >= 15 is 0 Å². The minimum atomic E-state index is 0.121. The van der Waals surface area contributed by atoms with E-state index in [-0.39, 0.29) is 11.9 Å². The minimum absolute atomic E-state index is 0.121. The van der Waals surface area contributed by atoms with E-state index in [2.05, 4.69) is 62.1 Å². The van der Waals surface area contributed by atoms with E-state index < -0.39 is 0 Å². The van der Waals surface area contributed by atoms with Crippen LogP contribution in [0.25, 0.3) is 0 Å². The second kappa shape index (κ2) is 7.43. The molecule has 0 spiro atoms. The van der Waals surface area contributed by atoms with Crippen LogP contribution >= 0.6 is 11.3 Å². The molecule has 2 aliphatic heterocycles. The van der Waals surface area contributed by atoms with Gasteiger partial charge in [0.2, 0.25) is 0 Å². The van der Waals surface area contributed by atoms with E-state index in [1.54, 1.807) is 11.3 Å². The smallest absolute Gasteiger partial charge is 0.271 e. The normalized spacial score (nSPS) is 21.4. The predicted octanol–water partition coefficient (Wildman–Crippen LogP) is 3.90. The maximum Gasteiger partial charge on any atom is 0.271 e. The van der Waals surface area contributed by atoms with Crippen molar-refractivity contribution in [2.75, 3.05) is 13.1 Å². The Hall–Kier alpha value is -2.44. The number of rotatable bonds is 5. The molecule has 0 bridgehead atoms. The summed E-state index contributed by atoms with van der Waals surface area (Å²) in [4.78, 5) is 22.4. The molecule has 1 saturated heterocycles. The Morgan fingerprint density at radius 1 is 1.07 bits per heavy atom. The summed E-state index contributed by atoms with van der Waals surface area (Å²) in [7, 11) is 0. The lowest BCUT2D eigenvalue weighted by atomic mass is 10.1. The molecule has 29 heavy (non-hydrogen) atoms. The van der Waals surface area contributed by atoms with Crippen LogP contribution in [0, 0.1) is 6.92 Å². The first-order valence-corrected chi connectivity index (χ1v) is 11.2. The molecular formula is C23H26N4OS. The lowest BCUT2D eigenvalue weighted by Crippen LogP contribution is -2.49. The second-order valence-electron chi connectivity index (χ2n) is 8.09. The van der Waals surface area contributed by atoms with Crippen LogP contribution in [0.1, 0.15) is 45.3 Å². The van der Waals surface area contributed by atoms with Gasteiger partial charge in [0.1, 0.15) is 5.69 Å². The summed E-state index contributed by atoms with van der Waals surface area (Å²) in [6.45, 7) is 7.57. The summed E-state index contributed by atoms with van der Waals surface area (Å²) in [5, 5.41) is 3.13. The molecule has 1 amide bonds. The number of carbonyl (C=O) groups excluding carboxylic acids is 1. The third-order valence-corrected chi connectivity index (χ3v) is 7.01. The summed E-state index contributed by atoms with van der Waals surface area (Å²) in [5.74, 6) is 0.121. The topological polar surface area (TPSA) is 41.4 Å². The highest BCUT2D eigenvalue weighted by atomic mass is 32.1. The lowest BCUT2D eigenvalue weighted by molar-refractivity contribution is 0.0553. The zero-order chi connectivity index (χ0) is 20.0. The van der Waals surface area contributed by atoms with Gasteiger partial charge in [-0.2, -0.15) is 0 Å². The van der Waals surface area contributed by atoms with Gasteiger partial charge in [0.15, 0.2) is 0 Å². The number of likely N-dealkylation sites (tertiary alicyclic amines) is 1. The maximum atomic E-state index is 13.2. The van der Waals surface area contributed by atoms with Crippen molar-refractivity contribution in [3.63, 3.8) is 0 Å². The molecule has 6 heteroatoms. The molecular weight excluding hydrogens is 380 g/mol. The van der Waals surface area contributed by atoms with E-state index in [9.17, 15) is 4.79 Å². The Morgan fingerprint density at radius 3 is 2.55 bits per heavy atom. The molecule has 0 radical (unpaired) electrons. The van der Waals surface area contributed by atoms with Crippen LogP contribution in [0.5, 0.6) is 0 Å². The average molecular weight is 407 g/mol. The van der Waals surface area contributed by atoms with Crippen LogP contribution in [0.4, 0.5) is 0 Å². The molecule has 0 aliphatic carbocycles. The van der Waals surface area contributed by atoms with Crippen molar-refractivity contribution in [3.05, 3.63) is 75.5 Å². The summed E-state index contributed by atoms with van der Waals surface area (Å²) >= 11 is 1.65. The molecule has 150 valence electrons. The Labute approximate surface area is 175 Å². The molecule has 2 unspecified atom stereocenters. The standard InChI is InChI=1S/C23H26N4OS/c1-3-17-6-8-18(9-7-17)11-25-13-21-22(14-25)27(12-19-15-29-16(2)24-19)23(28)20-5-4-10-26(20)21/h4-10,15,21-22H,3,11-14H2,1-2H3. The van der Waals surface area contributed by atoms with Crippen molar-refractivity contribution in [2.24, 2.45) is 0 Å². The van der Waals surface area contributed by atoms with Gasteiger partial charge in [-0.25, -0.2) is 4.98 Å². The van der Waals surface area contributed by atoms with E-state index in [1.807, 2.05) is 19.1 Å². The largest absolute Gasteiger partial charge is 0.337 e. The van der Waals surface area contributed by atoms with Gasteiger partial charge in [0, 0.05) is 31.2 Å². The van der Waals surface area contributed by atoms with Gasteiger partial charge in [0.05, 0.1) is 29.3 Å². The zero-order valence-electron chi connectivity index (χ0n) is 16.9.